The Morgan fingerprint density at radius 3 is 2.50 bits per heavy atom. The average molecular weight is 333 g/mol. The van der Waals surface area contributed by atoms with Crippen molar-refractivity contribution >= 4 is 20.2 Å². The maximum atomic E-state index is 6.83. The number of rotatable bonds is 3. The first kappa shape index (κ1) is 15.5. The Hall–Kier alpha value is -2.06. The lowest BCUT2D eigenvalue weighted by Gasteiger charge is -2.33. The van der Waals surface area contributed by atoms with Crippen LogP contribution in [0.4, 0.5) is 0 Å². The van der Waals surface area contributed by atoms with Gasteiger partial charge in [0, 0.05) is 11.1 Å². The minimum Gasteiger partial charge on any atom is -0.543 e. The summed E-state index contributed by atoms with van der Waals surface area (Å²) in [5.74, 6) is 1.14. The van der Waals surface area contributed by atoms with Crippen molar-refractivity contribution < 1.29 is 4.43 Å². The molecule has 0 heterocycles. The van der Waals surface area contributed by atoms with Crippen LogP contribution in [0, 0.1) is 0 Å². The lowest BCUT2D eigenvalue weighted by Crippen LogP contribution is -2.38. The Bertz CT molecular complexity index is 873. The van der Waals surface area contributed by atoms with Crippen LogP contribution in [0.5, 0.6) is 0 Å². The van der Waals surface area contributed by atoms with Gasteiger partial charge in [0.15, 0.2) is 0 Å². The highest BCUT2D eigenvalue weighted by atomic mass is 28.4. The Morgan fingerprint density at radius 1 is 0.958 bits per heavy atom. The average Bonchev–Trinajstić information content (AvgIpc) is 3.04. The van der Waals surface area contributed by atoms with E-state index in [1.54, 1.807) is 0 Å². The molecule has 4 rings (SSSR count). The summed E-state index contributed by atoms with van der Waals surface area (Å²) >= 11 is 0. The number of hydrogen-bond acceptors (Lipinski definition) is 1. The number of allylic oxidation sites excluding steroid dienone is 2. The van der Waals surface area contributed by atoms with Crippen molar-refractivity contribution in [2.24, 2.45) is 0 Å². The first-order valence-electron chi connectivity index (χ1n) is 8.71. The quantitative estimate of drug-likeness (QED) is 0.632. The van der Waals surface area contributed by atoms with Crippen LogP contribution in [0.3, 0.4) is 0 Å². The van der Waals surface area contributed by atoms with Gasteiger partial charge in [0.25, 0.3) is 8.32 Å². The van der Waals surface area contributed by atoms with Crippen molar-refractivity contribution in [2.75, 3.05) is 0 Å². The molecule has 1 atom stereocenters. The second-order valence-electron chi connectivity index (χ2n) is 7.60. The van der Waals surface area contributed by atoms with E-state index >= 15 is 0 Å². The summed E-state index contributed by atoms with van der Waals surface area (Å²) in [5, 5.41) is 0. The fourth-order valence-electron chi connectivity index (χ4n) is 4.36. The van der Waals surface area contributed by atoms with Crippen LogP contribution in [0.1, 0.15) is 41.6 Å². The Morgan fingerprint density at radius 2 is 1.67 bits per heavy atom. The molecule has 1 unspecified atom stereocenters. The maximum Gasteiger partial charge on any atom is 0.256 e. The highest BCUT2D eigenvalue weighted by Gasteiger charge is 2.42. The SMILES string of the molecule is CC1=Cc2ccccc2C1[Si](C)(C)OC1=C(C)Cc2ccccc21. The van der Waals surface area contributed by atoms with Gasteiger partial charge in [-0.2, -0.15) is 0 Å². The molecule has 0 radical (unpaired) electrons. The summed E-state index contributed by atoms with van der Waals surface area (Å²) in [7, 11) is -1.99. The minimum absolute atomic E-state index is 0.432. The van der Waals surface area contributed by atoms with Crippen molar-refractivity contribution in [2.45, 2.75) is 38.9 Å². The van der Waals surface area contributed by atoms with E-state index < -0.39 is 8.32 Å². The molecule has 24 heavy (non-hydrogen) atoms. The predicted octanol–water partition coefficient (Wildman–Crippen LogP) is 5.94. The van der Waals surface area contributed by atoms with Gasteiger partial charge in [-0.3, -0.25) is 0 Å². The van der Waals surface area contributed by atoms with Gasteiger partial charge in [-0.1, -0.05) is 60.2 Å². The van der Waals surface area contributed by atoms with Crippen molar-refractivity contribution in [3.63, 3.8) is 0 Å². The molecule has 122 valence electrons. The summed E-state index contributed by atoms with van der Waals surface area (Å²) in [6.45, 7) is 9.19. The zero-order valence-electron chi connectivity index (χ0n) is 14.9. The zero-order chi connectivity index (χ0) is 16.9. The fraction of sp³-hybridized carbons (Fsp3) is 0.273. The second kappa shape index (κ2) is 5.49. The molecule has 0 amide bonds. The lowest BCUT2D eigenvalue weighted by molar-refractivity contribution is 0.493. The van der Waals surface area contributed by atoms with Crippen molar-refractivity contribution in [1.29, 1.82) is 0 Å². The van der Waals surface area contributed by atoms with Crippen LogP contribution in [-0.4, -0.2) is 8.32 Å². The third kappa shape index (κ3) is 2.37. The van der Waals surface area contributed by atoms with Crippen molar-refractivity contribution in [3.8, 4) is 0 Å². The normalized spacial score (nSPS) is 19.2. The number of benzene rings is 2. The molecule has 0 aromatic heterocycles. The van der Waals surface area contributed by atoms with E-state index in [9.17, 15) is 0 Å². The molecule has 0 spiro atoms. The molecule has 0 N–H and O–H groups in total. The van der Waals surface area contributed by atoms with E-state index in [2.05, 4.69) is 81.5 Å². The van der Waals surface area contributed by atoms with E-state index in [0.717, 1.165) is 12.2 Å². The minimum atomic E-state index is -1.99. The van der Waals surface area contributed by atoms with E-state index in [4.69, 9.17) is 4.43 Å². The van der Waals surface area contributed by atoms with E-state index in [1.807, 2.05) is 0 Å². The molecule has 2 aliphatic carbocycles. The molecular formula is C22H24OSi. The van der Waals surface area contributed by atoms with Crippen LogP contribution >= 0.6 is 0 Å². The Kier molecular flexibility index (Phi) is 3.54. The standard InChI is InChI=1S/C22H24OSi/c1-15-13-17-9-5-7-11-19(17)21(15)23-24(3,4)22-16(2)14-18-10-6-8-12-20(18)22/h5-12,14,22H,13H2,1-4H3. The molecule has 0 bridgehead atoms. The van der Waals surface area contributed by atoms with Gasteiger partial charge in [0.2, 0.25) is 0 Å². The highest BCUT2D eigenvalue weighted by Crippen LogP contribution is 2.45. The van der Waals surface area contributed by atoms with Crippen molar-refractivity contribution in [1.82, 2.24) is 0 Å². The first-order valence-corrected chi connectivity index (χ1v) is 11.7. The van der Waals surface area contributed by atoms with E-state index in [0.29, 0.717) is 5.54 Å². The molecule has 0 aliphatic heterocycles. The molecule has 2 aromatic rings. The lowest BCUT2D eigenvalue weighted by atomic mass is 10.1. The molecule has 1 nitrogen and oxygen atoms in total. The smallest absolute Gasteiger partial charge is 0.256 e. The number of hydrogen-bond donors (Lipinski definition) is 0. The first-order chi connectivity index (χ1) is 11.5. The monoisotopic (exact) mass is 332 g/mol. The van der Waals surface area contributed by atoms with Crippen LogP contribution in [-0.2, 0) is 10.8 Å². The third-order valence-corrected chi connectivity index (χ3v) is 8.20. The van der Waals surface area contributed by atoms with E-state index in [1.165, 1.54) is 33.4 Å². The molecule has 0 saturated carbocycles. The van der Waals surface area contributed by atoms with Gasteiger partial charge in [0.1, 0.15) is 5.76 Å². The van der Waals surface area contributed by atoms with E-state index in [-0.39, 0.29) is 0 Å². The summed E-state index contributed by atoms with van der Waals surface area (Å²) in [5.41, 5.74) is 8.74. The fourth-order valence-corrected chi connectivity index (χ4v) is 7.48. The Labute approximate surface area is 145 Å². The van der Waals surface area contributed by atoms with Gasteiger partial charge in [-0.25, -0.2) is 0 Å². The van der Waals surface area contributed by atoms with Crippen LogP contribution in [0.25, 0.3) is 11.8 Å². The summed E-state index contributed by atoms with van der Waals surface area (Å²) in [6, 6.07) is 17.4. The molecule has 2 aliphatic rings. The largest absolute Gasteiger partial charge is 0.543 e. The van der Waals surface area contributed by atoms with Crippen molar-refractivity contribution in [3.05, 3.63) is 81.9 Å². The van der Waals surface area contributed by atoms with Gasteiger partial charge in [-0.05, 0) is 55.6 Å². The molecule has 2 aromatic carbocycles. The highest BCUT2D eigenvalue weighted by molar-refractivity contribution is 6.74. The Balaban J connectivity index is 1.70. The van der Waals surface area contributed by atoms with Gasteiger partial charge in [0.05, 0.1) is 0 Å². The summed E-state index contributed by atoms with van der Waals surface area (Å²) in [6.07, 6.45) is 3.36. The maximum absolute atomic E-state index is 6.83. The topological polar surface area (TPSA) is 9.23 Å². The van der Waals surface area contributed by atoms with Gasteiger partial charge < -0.3 is 4.43 Å². The molecular weight excluding hydrogens is 308 g/mol. The van der Waals surface area contributed by atoms with Crippen LogP contribution in [0.15, 0.2) is 59.7 Å². The van der Waals surface area contributed by atoms with Crippen LogP contribution < -0.4 is 0 Å². The predicted molar refractivity (Wildman–Crippen MR) is 104 cm³/mol. The van der Waals surface area contributed by atoms with Crippen LogP contribution in [0.2, 0.25) is 13.1 Å². The molecule has 0 fully saturated rings. The molecule has 2 heteroatoms. The second-order valence-corrected chi connectivity index (χ2v) is 11.6. The van der Waals surface area contributed by atoms with Gasteiger partial charge in [-0.15, -0.1) is 0 Å². The molecule has 0 saturated heterocycles. The summed E-state index contributed by atoms with van der Waals surface area (Å²) in [4.78, 5) is 0. The number of fused-ring (bicyclic) bond motifs is 2. The third-order valence-electron chi connectivity index (χ3n) is 5.31. The van der Waals surface area contributed by atoms with Gasteiger partial charge >= 0.3 is 0 Å². The zero-order valence-corrected chi connectivity index (χ0v) is 15.9. The summed E-state index contributed by atoms with van der Waals surface area (Å²) < 4.78 is 6.83.